The van der Waals surface area contributed by atoms with E-state index in [1.807, 2.05) is 0 Å². The molecule has 0 aliphatic carbocycles. The lowest BCUT2D eigenvalue weighted by molar-refractivity contribution is -0.133. The average molecular weight is 276 g/mol. The molecule has 0 bridgehead atoms. The topological polar surface area (TPSA) is 93.0 Å². The molecule has 3 rings (SSSR count). The summed E-state index contributed by atoms with van der Waals surface area (Å²) in [5.41, 5.74) is 6.68. The van der Waals surface area contributed by atoms with Gasteiger partial charge < -0.3 is 20.4 Å². The third-order valence-corrected chi connectivity index (χ3v) is 3.28. The van der Waals surface area contributed by atoms with Gasteiger partial charge in [-0.05, 0) is 27.7 Å². The van der Waals surface area contributed by atoms with Gasteiger partial charge in [0, 0.05) is 13.1 Å². The fraction of sp³-hybridized carbons (Fsp3) is 0.615. The average Bonchev–Trinajstić information content (AvgIpc) is 2.71. The number of nitrogens with one attached hydrogen (secondary N) is 1. The molecule has 7 nitrogen and oxygen atoms in total. The zero-order valence-electron chi connectivity index (χ0n) is 12.3. The summed E-state index contributed by atoms with van der Waals surface area (Å²) in [6.45, 7) is 9.79. The highest BCUT2D eigenvalue weighted by atomic mass is 16.5. The van der Waals surface area contributed by atoms with Crippen LogP contribution in [0.25, 0.3) is 11.2 Å². The Bertz CT molecular complexity index is 631. The highest BCUT2D eigenvalue weighted by molar-refractivity contribution is 5.84. The van der Waals surface area contributed by atoms with E-state index in [9.17, 15) is 0 Å². The molecule has 0 radical (unpaired) electrons. The summed E-state index contributed by atoms with van der Waals surface area (Å²) in [6.07, 6.45) is 1.61. The normalized spacial score (nSPS) is 21.3. The van der Waals surface area contributed by atoms with Crippen LogP contribution in [0.5, 0.6) is 0 Å². The number of nitrogens with zero attached hydrogens (tertiary/aromatic N) is 4. The number of hydrogen-bond acceptors (Lipinski definition) is 6. The Hall–Kier alpha value is -1.89. The van der Waals surface area contributed by atoms with Gasteiger partial charge in [-0.1, -0.05) is 0 Å². The second-order valence-electron chi connectivity index (χ2n) is 6.48. The van der Waals surface area contributed by atoms with E-state index in [4.69, 9.17) is 10.5 Å². The molecule has 0 unspecified atom stereocenters. The number of nitrogens with two attached hydrogens (primary N) is 1. The fourth-order valence-electron chi connectivity index (χ4n) is 3.00. The number of hydrogen-bond donors (Lipinski definition) is 2. The minimum Gasteiger partial charge on any atom is -0.368 e. The molecule has 0 saturated carbocycles. The van der Waals surface area contributed by atoms with Crippen LogP contribution in [-0.4, -0.2) is 44.2 Å². The molecule has 1 aliphatic rings. The lowest BCUT2D eigenvalue weighted by Gasteiger charge is -2.47. The van der Waals surface area contributed by atoms with Crippen LogP contribution in [0.4, 0.5) is 11.8 Å². The highest BCUT2D eigenvalue weighted by Crippen LogP contribution is 2.32. The maximum Gasteiger partial charge on any atom is 0.224 e. The molecular weight excluding hydrogens is 256 g/mol. The van der Waals surface area contributed by atoms with Crippen LogP contribution in [0.3, 0.4) is 0 Å². The molecule has 3 N–H and O–H groups in total. The SMILES string of the molecule is CC1(C)CN(c2nc(N)nc3nc[nH]c23)CC(C)(C)O1. The Morgan fingerprint density at radius 3 is 2.50 bits per heavy atom. The van der Waals surface area contributed by atoms with E-state index < -0.39 is 0 Å². The Balaban J connectivity index is 2.08. The lowest BCUT2D eigenvalue weighted by atomic mass is 9.99. The van der Waals surface area contributed by atoms with Crippen molar-refractivity contribution in [3.05, 3.63) is 6.33 Å². The largest absolute Gasteiger partial charge is 0.368 e. The van der Waals surface area contributed by atoms with E-state index in [1.165, 1.54) is 0 Å². The number of aromatic amines is 1. The van der Waals surface area contributed by atoms with Crippen LogP contribution in [0.1, 0.15) is 27.7 Å². The molecule has 7 heteroatoms. The number of anilines is 2. The first kappa shape index (κ1) is 13.1. The summed E-state index contributed by atoms with van der Waals surface area (Å²) < 4.78 is 6.09. The first-order valence-corrected chi connectivity index (χ1v) is 6.68. The van der Waals surface area contributed by atoms with Gasteiger partial charge in [0.25, 0.3) is 0 Å². The number of ether oxygens (including phenoxy) is 1. The van der Waals surface area contributed by atoms with Gasteiger partial charge in [-0.15, -0.1) is 0 Å². The van der Waals surface area contributed by atoms with Crippen molar-refractivity contribution < 1.29 is 4.74 Å². The Kier molecular flexibility index (Phi) is 2.66. The van der Waals surface area contributed by atoms with Crippen LogP contribution in [0.15, 0.2) is 6.33 Å². The molecule has 1 fully saturated rings. The number of fused-ring (bicyclic) bond motifs is 1. The molecule has 20 heavy (non-hydrogen) atoms. The molecule has 2 aromatic heterocycles. The number of nitrogen functional groups attached to an aromatic ring is 1. The molecule has 3 heterocycles. The van der Waals surface area contributed by atoms with Crippen molar-refractivity contribution in [2.24, 2.45) is 0 Å². The maximum absolute atomic E-state index is 6.09. The van der Waals surface area contributed by atoms with Gasteiger partial charge in [0.05, 0.1) is 17.5 Å². The van der Waals surface area contributed by atoms with E-state index in [0.717, 1.165) is 24.4 Å². The standard InChI is InChI=1S/C13H20N6O/c1-12(2)5-19(6-13(3,4)20-12)10-8-9(16-7-15-8)17-11(14)18-10/h7H,5-6H2,1-4H3,(H3,14,15,16,17,18). The van der Waals surface area contributed by atoms with Crippen LogP contribution in [0.2, 0.25) is 0 Å². The van der Waals surface area contributed by atoms with Crippen LogP contribution < -0.4 is 10.6 Å². The zero-order valence-corrected chi connectivity index (χ0v) is 12.3. The minimum absolute atomic E-state index is 0.238. The van der Waals surface area contributed by atoms with E-state index in [1.54, 1.807) is 6.33 Å². The van der Waals surface area contributed by atoms with Crippen molar-refractivity contribution in [3.63, 3.8) is 0 Å². The fourth-order valence-corrected chi connectivity index (χ4v) is 3.00. The monoisotopic (exact) mass is 276 g/mol. The van der Waals surface area contributed by atoms with Crippen LogP contribution in [0, 0.1) is 0 Å². The van der Waals surface area contributed by atoms with E-state index >= 15 is 0 Å². The second-order valence-corrected chi connectivity index (χ2v) is 6.48. The molecular formula is C13H20N6O. The molecule has 108 valence electrons. The van der Waals surface area contributed by atoms with Crippen molar-refractivity contribution in [2.45, 2.75) is 38.9 Å². The molecule has 0 spiro atoms. The number of rotatable bonds is 1. The van der Waals surface area contributed by atoms with Gasteiger partial charge in [-0.25, -0.2) is 4.98 Å². The van der Waals surface area contributed by atoms with Crippen molar-refractivity contribution >= 4 is 22.9 Å². The Morgan fingerprint density at radius 2 is 1.85 bits per heavy atom. The summed E-state index contributed by atoms with van der Waals surface area (Å²) in [6, 6.07) is 0. The first-order valence-electron chi connectivity index (χ1n) is 6.68. The number of aromatic nitrogens is 4. The van der Waals surface area contributed by atoms with Crippen molar-refractivity contribution in [1.29, 1.82) is 0 Å². The number of morpholine rings is 1. The molecule has 2 aromatic rings. The van der Waals surface area contributed by atoms with Gasteiger partial charge in [0.15, 0.2) is 11.5 Å². The van der Waals surface area contributed by atoms with Gasteiger partial charge in [0.1, 0.15) is 5.52 Å². The summed E-state index contributed by atoms with van der Waals surface area (Å²) in [5, 5.41) is 0. The maximum atomic E-state index is 6.09. The Labute approximate surface area is 117 Å². The molecule has 1 saturated heterocycles. The van der Waals surface area contributed by atoms with Gasteiger partial charge in [-0.3, -0.25) is 0 Å². The minimum atomic E-state index is -0.256. The number of imidazole rings is 1. The van der Waals surface area contributed by atoms with Crippen LogP contribution >= 0.6 is 0 Å². The lowest BCUT2D eigenvalue weighted by Crippen LogP contribution is -2.57. The van der Waals surface area contributed by atoms with E-state index in [0.29, 0.717) is 5.65 Å². The molecule has 0 amide bonds. The summed E-state index contributed by atoms with van der Waals surface area (Å²) in [5.74, 6) is 1.02. The summed E-state index contributed by atoms with van der Waals surface area (Å²) in [4.78, 5) is 18.0. The zero-order chi connectivity index (χ0) is 14.5. The second kappa shape index (κ2) is 4.05. The predicted molar refractivity (Wildman–Crippen MR) is 77.6 cm³/mol. The van der Waals surface area contributed by atoms with Gasteiger partial charge in [0.2, 0.25) is 5.95 Å². The van der Waals surface area contributed by atoms with Crippen molar-refractivity contribution in [1.82, 2.24) is 19.9 Å². The Morgan fingerprint density at radius 1 is 1.20 bits per heavy atom. The van der Waals surface area contributed by atoms with Crippen LogP contribution in [-0.2, 0) is 4.74 Å². The van der Waals surface area contributed by atoms with E-state index in [2.05, 4.69) is 52.5 Å². The number of H-pyrrole nitrogens is 1. The molecule has 1 aliphatic heterocycles. The van der Waals surface area contributed by atoms with Crippen molar-refractivity contribution in [2.75, 3.05) is 23.7 Å². The third-order valence-electron chi connectivity index (χ3n) is 3.28. The summed E-state index contributed by atoms with van der Waals surface area (Å²) >= 11 is 0. The third kappa shape index (κ3) is 2.29. The highest BCUT2D eigenvalue weighted by Gasteiger charge is 2.39. The van der Waals surface area contributed by atoms with Gasteiger partial charge in [-0.2, -0.15) is 9.97 Å². The quantitative estimate of drug-likeness (QED) is 0.816. The van der Waals surface area contributed by atoms with Gasteiger partial charge >= 0.3 is 0 Å². The van der Waals surface area contributed by atoms with Crippen molar-refractivity contribution in [3.8, 4) is 0 Å². The molecule has 0 aromatic carbocycles. The predicted octanol–water partition coefficient (Wildman–Crippen LogP) is 1.33. The molecule has 0 atom stereocenters. The van der Waals surface area contributed by atoms with E-state index in [-0.39, 0.29) is 17.2 Å². The first-order chi connectivity index (χ1) is 9.26. The summed E-state index contributed by atoms with van der Waals surface area (Å²) in [7, 11) is 0. The smallest absolute Gasteiger partial charge is 0.224 e.